The van der Waals surface area contributed by atoms with Crippen LogP contribution >= 0.6 is 15.9 Å². The summed E-state index contributed by atoms with van der Waals surface area (Å²) in [5.41, 5.74) is 2.05. The van der Waals surface area contributed by atoms with Crippen LogP contribution in [0.15, 0.2) is 57.5 Å². The van der Waals surface area contributed by atoms with Crippen molar-refractivity contribution < 1.29 is 9.26 Å². The Bertz CT molecular complexity index is 768. The first kappa shape index (κ1) is 14.8. The Morgan fingerprint density at radius 1 is 1.14 bits per heavy atom. The Kier molecular flexibility index (Phi) is 4.24. The highest BCUT2D eigenvalue weighted by Gasteiger charge is 2.16. The van der Waals surface area contributed by atoms with Gasteiger partial charge in [0.1, 0.15) is 5.75 Å². The lowest BCUT2D eigenvalue weighted by atomic mass is 10.2. The van der Waals surface area contributed by atoms with E-state index in [0.717, 1.165) is 21.3 Å². The lowest BCUT2D eigenvalue weighted by Crippen LogP contribution is -2.03. The Morgan fingerprint density at radius 3 is 2.64 bits per heavy atom. The maximum absolute atomic E-state index is 5.85. The molecule has 0 bridgehead atoms. The Balaban J connectivity index is 1.76. The standard InChI is InChI=1S/C17H15BrN2O2/c1-11-4-3-5-15(10-11)21-12(2)17-19-16(20-22-17)13-6-8-14(18)9-7-13/h3-10,12H,1-2H3/t12-/m1/s1. The smallest absolute Gasteiger partial charge is 0.267 e. The Morgan fingerprint density at radius 2 is 1.91 bits per heavy atom. The Labute approximate surface area is 137 Å². The van der Waals surface area contributed by atoms with E-state index in [1.807, 2.05) is 62.4 Å². The second-order valence-electron chi connectivity index (χ2n) is 5.04. The van der Waals surface area contributed by atoms with Crippen molar-refractivity contribution in [3.63, 3.8) is 0 Å². The fourth-order valence-corrected chi connectivity index (χ4v) is 2.32. The largest absolute Gasteiger partial charge is 0.481 e. The molecule has 1 atom stereocenters. The van der Waals surface area contributed by atoms with Gasteiger partial charge in [-0.05, 0) is 55.8 Å². The summed E-state index contributed by atoms with van der Waals surface area (Å²) in [5.74, 6) is 1.80. The zero-order chi connectivity index (χ0) is 15.5. The molecule has 0 aliphatic heterocycles. The summed E-state index contributed by atoms with van der Waals surface area (Å²) in [6, 6.07) is 15.6. The number of benzene rings is 2. The molecule has 1 heterocycles. The number of halogens is 1. The molecular weight excluding hydrogens is 344 g/mol. The van der Waals surface area contributed by atoms with E-state index < -0.39 is 0 Å². The quantitative estimate of drug-likeness (QED) is 0.662. The number of nitrogens with zero attached hydrogens (tertiary/aromatic N) is 2. The summed E-state index contributed by atoms with van der Waals surface area (Å²) in [6.07, 6.45) is -0.307. The third-order valence-corrected chi connectivity index (χ3v) is 3.72. The predicted octanol–water partition coefficient (Wildman–Crippen LogP) is 4.95. The van der Waals surface area contributed by atoms with Crippen molar-refractivity contribution in [3.05, 3.63) is 64.5 Å². The monoisotopic (exact) mass is 358 g/mol. The molecule has 4 nitrogen and oxygen atoms in total. The maximum atomic E-state index is 5.85. The third-order valence-electron chi connectivity index (χ3n) is 3.19. The zero-order valence-corrected chi connectivity index (χ0v) is 13.9. The first-order chi connectivity index (χ1) is 10.6. The molecule has 0 radical (unpaired) electrons. The van der Waals surface area contributed by atoms with Gasteiger partial charge >= 0.3 is 0 Å². The molecule has 0 saturated heterocycles. The van der Waals surface area contributed by atoms with Crippen LogP contribution in [0.4, 0.5) is 0 Å². The fraction of sp³-hybridized carbons (Fsp3) is 0.176. The molecule has 0 N–H and O–H groups in total. The number of hydrogen-bond donors (Lipinski definition) is 0. The van der Waals surface area contributed by atoms with Gasteiger partial charge in [-0.3, -0.25) is 0 Å². The van der Waals surface area contributed by atoms with Crippen LogP contribution in [0.2, 0.25) is 0 Å². The van der Waals surface area contributed by atoms with Gasteiger partial charge in [0.2, 0.25) is 5.82 Å². The highest BCUT2D eigenvalue weighted by atomic mass is 79.9. The predicted molar refractivity (Wildman–Crippen MR) is 87.7 cm³/mol. The molecule has 2 aromatic carbocycles. The Hall–Kier alpha value is -2.14. The average molecular weight is 359 g/mol. The summed E-state index contributed by atoms with van der Waals surface area (Å²) in [5, 5.41) is 4.01. The van der Waals surface area contributed by atoms with Gasteiger partial charge in [0, 0.05) is 10.0 Å². The van der Waals surface area contributed by atoms with E-state index in [1.165, 1.54) is 0 Å². The first-order valence-electron chi connectivity index (χ1n) is 6.95. The number of aryl methyl sites for hydroxylation is 1. The van der Waals surface area contributed by atoms with Gasteiger partial charge in [-0.25, -0.2) is 0 Å². The molecule has 0 aliphatic rings. The fourth-order valence-electron chi connectivity index (χ4n) is 2.06. The number of aromatic nitrogens is 2. The second kappa shape index (κ2) is 6.32. The minimum Gasteiger partial charge on any atom is -0.481 e. The summed E-state index contributed by atoms with van der Waals surface area (Å²) in [6.45, 7) is 3.91. The molecular formula is C17H15BrN2O2. The van der Waals surface area contributed by atoms with E-state index in [1.54, 1.807) is 0 Å². The van der Waals surface area contributed by atoms with E-state index >= 15 is 0 Å². The maximum Gasteiger partial charge on any atom is 0.267 e. The van der Waals surface area contributed by atoms with E-state index in [9.17, 15) is 0 Å². The van der Waals surface area contributed by atoms with Gasteiger partial charge in [0.25, 0.3) is 5.89 Å². The second-order valence-corrected chi connectivity index (χ2v) is 5.96. The summed E-state index contributed by atoms with van der Waals surface area (Å²) < 4.78 is 12.2. The van der Waals surface area contributed by atoms with Crippen LogP contribution in [0, 0.1) is 6.92 Å². The van der Waals surface area contributed by atoms with Crippen molar-refractivity contribution in [2.24, 2.45) is 0 Å². The van der Waals surface area contributed by atoms with Crippen molar-refractivity contribution in [2.45, 2.75) is 20.0 Å². The van der Waals surface area contributed by atoms with Crippen molar-refractivity contribution in [1.29, 1.82) is 0 Å². The molecule has 0 unspecified atom stereocenters. The average Bonchev–Trinajstić information content (AvgIpc) is 2.98. The van der Waals surface area contributed by atoms with Gasteiger partial charge in [0.05, 0.1) is 0 Å². The van der Waals surface area contributed by atoms with Crippen LogP contribution in [0.3, 0.4) is 0 Å². The normalized spacial score (nSPS) is 12.1. The van der Waals surface area contributed by atoms with Gasteiger partial charge in [-0.15, -0.1) is 0 Å². The van der Waals surface area contributed by atoms with E-state index in [2.05, 4.69) is 26.1 Å². The van der Waals surface area contributed by atoms with Crippen molar-refractivity contribution in [1.82, 2.24) is 10.1 Å². The molecule has 0 fully saturated rings. The van der Waals surface area contributed by atoms with Crippen LogP contribution in [0.1, 0.15) is 24.5 Å². The summed E-state index contributed by atoms with van der Waals surface area (Å²) in [7, 11) is 0. The van der Waals surface area contributed by atoms with Crippen LogP contribution in [0.25, 0.3) is 11.4 Å². The minimum absolute atomic E-state index is 0.307. The molecule has 0 spiro atoms. The molecule has 112 valence electrons. The third kappa shape index (κ3) is 3.36. The highest BCUT2D eigenvalue weighted by molar-refractivity contribution is 9.10. The number of hydrogen-bond acceptors (Lipinski definition) is 4. The summed E-state index contributed by atoms with van der Waals surface area (Å²) >= 11 is 3.41. The van der Waals surface area contributed by atoms with Gasteiger partial charge in [-0.1, -0.05) is 33.2 Å². The van der Waals surface area contributed by atoms with Gasteiger partial charge < -0.3 is 9.26 Å². The molecule has 3 aromatic rings. The van der Waals surface area contributed by atoms with Gasteiger partial charge in [0.15, 0.2) is 6.10 Å². The molecule has 1 aromatic heterocycles. The lowest BCUT2D eigenvalue weighted by Gasteiger charge is -2.10. The van der Waals surface area contributed by atoms with Crippen molar-refractivity contribution in [2.75, 3.05) is 0 Å². The summed E-state index contributed by atoms with van der Waals surface area (Å²) in [4.78, 5) is 4.41. The minimum atomic E-state index is -0.307. The number of rotatable bonds is 4. The van der Waals surface area contributed by atoms with Gasteiger partial charge in [-0.2, -0.15) is 4.98 Å². The topological polar surface area (TPSA) is 48.2 Å². The highest BCUT2D eigenvalue weighted by Crippen LogP contribution is 2.24. The molecule has 5 heteroatoms. The first-order valence-corrected chi connectivity index (χ1v) is 7.74. The molecule has 0 amide bonds. The van der Waals surface area contributed by atoms with Crippen molar-refractivity contribution >= 4 is 15.9 Å². The molecule has 0 saturated carbocycles. The van der Waals surface area contributed by atoms with E-state index in [-0.39, 0.29) is 6.10 Å². The molecule has 3 rings (SSSR count). The molecule has 22 heavy (non-hydrogen) atoms. The number of ether oxygens (including phenoxy) is 1. The lowest BCUT2D eigenvalue weighted by molar-refractivity contribution is 0.175. The zero-order valence-electron chi connectivity index (χ0n) is 12.3. The SMILES string of the molecule is Cc1cccc(O[C@H](C)c2nc(-c3ccc(Br)cc3)no2)c1. The van der Waals surface area contributed by atoms with Crippen LogP contribution in [-0.4, -0.2) is 10.1 Å². The molecule has 0 aliphatic carbocycles. The van der Waals surface area contributed by atoms with Crippen LogP contribution < -0.4 is 4.74 Å². The van der Waals surface area contributed by atoms with Crippen LogP contribution in [0.5, 0.6) is 5.75 Å². The van der Waals surface area contributed by atoms with Crippen molar-refractivity contribution in [3.8, 4) is 17.1 Å². The van der Waals surface area contributed by atoms with E-state index in [0.29, 0.717) is 11.7 Å². The van der Waals surface area contributed by atoms with Crippen LogP contribution in [-0.2, 0) is 0 Å². The van der Waals surface area contributed by atoms with E-state index in [4.69, 9.17) is 9.26 Å².